The minimum atomic E-state index is -0.322. The first kappa shape index (κ1) is 22.7. The maximum absolute atomic E-state index is 13.1. The lowest BCUT2D eigenvalue weighted by atomic mass is 9.95. The third-order valence-corrected chi connectivity index (χ3v) is 7.14. The topological polar surface area (TPSA) is 93.1 Å². The van der Waals surface area contributed by atoms with Gasteiger partial charge >= 0.3 is 0 Å². The zero-order chi connectivity index (χ0) is 23.5. The minimum absolute atomic E-state index is 0.0873. The van der Waals surface area contributed by atoms with Crippen LogP contribution in [0, 0.1) is 17.1 Å². The highest BCUT2D eigenvalue weighted by Crippen LogP contribution is 2.34. The fourth-order valence-electron chi connectivity index (χ4n) is 4.68. The highest BCUT2D eigenvalue weighted by Gasteiger charge is 2.28. The molecule has 2 aliphatic rings. The molecule has 1 atom stereocenters. The fourth-order valence-corrected chi connectivity index (χ4v) is 5.28. The molecular weight excluding hydrogens is 455 g/mol. The number of nitrogens with one attached hydrogen (secondary N) is 1. The Balaban J connectivity index is 1.30. The number of ether oxygens (including phenoxy) is 1. The van der Waals surface area contributed by atoms with Gasteiger partial charge in [0.05, 0.1) is 30.2 Å². The Morgan fingerprint density at radius 2 is 2.09 bits per heavy atom. The molecule has 3 aromatic rings. The van der Waals surface area contributed by atoms with Gasteiger partial charge in [0.25, 0.3) is 5.22 Å². The summed E-state index contributed by atoms with van der Waals surface area (Å²) in [5.41, 5.74) is 3.49. The van der Waals surface area contributed by atoms with Gasteiger partial charge in [-0.2, -0.15) is 5.26 Å². The van der Waals surface area contributed by atoms with Crippen LogP contribution in [0.1, 0.15) is 42.5 Å². The van der Waals surface area contributed by atoms with Gasteiger partial charge in [0.1, 0.15) is 17.7 Å². The molecule has 1 aliphatic carbocycles. The molecular formula is C25H25FN4O3S. The summed E-state index contributed by atoms with van der Waals surface area (Å²) in [4.78, 5) is 17.1. The number of rotatable bonds is 7. The van der Waals surface area contributed by atoms with E-state index in [0.29, 0.717) is 34.5 Å². The zero-order valence-electron chi connectivity index (χ0n) is 18.7. The monoisotopic (exact) mass is 480 g/mol. The van der Waals surface area contributed by atoms with E-state index in [1.807, 2.05) is 0 Å². The van der Waals surface area contributed by atoms with Crippen molar-refractivity contribution in [1.82, 2.24) is 9.55 Å². The van der Waals surface area contributed by atoms with E-state index in [-0.39, 0.29) is 23.6 Å². The number of halogens is 1. The molecule has 34 heavy (non-hydrogen) atoms. The molecule has 0 saturated carbocycles. The van der Waals surface area contributed by atoms with E-state index in [4.69, 9.17) is 9.15 Å². The molecule has 9 heteroatoms. The number of oxazole rings is 1. The number of hydrogen-bond acceptors (Lipinski definition) is 6. The molecule has 1 saturated heterocycles. The van der Waals surface area contributed by atoms with Gasteiger partial charge in [0.2, 0.25) is 5.91 Å². The van der Waals surface area contributed by atoms with Crippen LogP contribution in [0.5, 0.6) is 0 Å². The number of hydrogen-bond donors (Lipinski definition) is 1. The normalized spacial score (nSPS) is 17.4. The van der Waals surface area contributed by atoms with E-state index >= 15 is 0 Å². The smallest absolute Gasteiger partial charge is 0.256 e. The highest BCUT2D eigenvalue weighted by molar-refractivity contribution is 7.99. The van der Waals surface area contributed by atoms with Crippen LogP contribution in [0.3, 0.4) is 0 Å². The standard InChI is InChI=1S/C25H25FN4O3S/c26-17-9-7-16(8-10-17)22-13-28-25(33-22)34-15-23(31)29-24-20(12-27)19-5-1-2-6-21(19)30(24)14-18-4-3-11-32-18/h7-10,13,18H,1-6,11,14-15H2,(H,29,31). The number of carbonyl (C=O) groups excluding carboxylic acids is 1. The van der Waals surface area contributed by atoms with Crippen molar-refractivity contribution in [3.63, 3.8) is 0 Å². The van der Waals surface area contributed by atoms with E-state index in [2.05, 4.69) is 20.9 Å². The Morgan fingerprint density at radius 3 is 2.85 bits per heavy atom. The largest absolute Gasteiger partial charge is 0.431 e. The first-order chi connectivity index (χ1) is 16.6. The van der Waals surface area contributed by atoms with Crippen LogP contribution >= 0.6 is 11.8 Å². The number of nitriles is 1. The number of nitrogens with zero attached hydrogens (tertiary/aromatic N) is 3. The first-order valence-electron chi connectivity index (χ1n) is 11.5. The second kappa shape index (κ2) is 10.0. The van der Waals surface area contributed by atoms with Crippen molar-refractivity contribution in [2.45, 2.75) is 56.4 Å². The molecule has 0 bridgehead atoms. The van der Waals surface area contributed by atoms with Crippen molar-refractivity contribution >= 4 is 23.5 Å². The van der Waals surface area contributed by atoms with Gasteiger partial charge in [0, 0.05) is 17.9 Å². The van der Waals surface area contributed by atoms with Crippen molar-refractivity contribution in [1.29, 1.82) is 5.26 Å². The molecule has 176 valence electrons. The molecule has 1 unspecified atom stereocenters. The van der Waals surface area contributed by atoms with Gasteiger partial charge in [0.15, 0.2) is 5.76 Å². The SMILES string of the molecule is N#Cc1c2c(n(CC3CCCO3)c1NC(=O)CSc1ncc(-c3ccc(F)cc3)o1)CCCC2. The van der Waals surface area contributed by atoms with Gasteiger partial charge in [-0.05, 0) is 68.4 Å². The third-order valence-electron chi connectivity index (χ3n) is 6.29. The number of fused-ring (bicyclic) bond motifs is 1. The van der Waals surface area contributed by atoms with Crippen LogP contribution in [0.15, 0.2) is 40.1 Å². The quantitative estimate of drug-likeness (QED) is 0.482. The van der Waals surface area contributed by atoms with E-state index in [1.165, 1.54) is 23.9 Å². The lowest BCUT2D eigenvalue weighted by Gasteiger charge is -2.19. The summed E-state index contributed by atoms with van der Waals surface area (Å²) >= 11 is 1.17. The average Bonchev–Trinajstić information content (AvgIpc) is 3.59. The van der Waals surface area contributed by atoms with Crippen LogP contribution in [0.25, 0.3) is 11.3 Å². The maximum Gasteiger partial charge on any atom is 0.256 e. The number of thioether (sulfide) groups is 1. The predicted octanol–water partition coefficient (Wildman–Crippen LogP) is 4.94. The molecule has 3 heterocycles. The number of anilines is 1. The Morgan fingerprint density at radius 1 is 1.26 bits per heavy atom. The van der Waals surface area contributed by atoms with Crippen molar-refractivity contribution < 1.29 is 18.3 Å². The lowest BCUT2D eigenvalue weighted by molar-refractivity contribution is -0.113. The summed E-state index contributed by atoms with van der Waals surface area (Å²) in [6.45, 7) is 1.40. The second-order valence-electron chi connectivity index (χ2n) is 8.55. The molecule has 1 aliphatic heterocycles. The molecule has 1 fully saturated rings. The van der Waals surface area contributed by atoms with Gasteiger partial charge in [-0.3, -0.25) is 4.79 Å². The molecule has 0 spiro atoms. The van der Waals surface area contributed by atoms with E-state index < -0.39 is 0 Å². The molecule has 2 aromatic heterocycles. The van der Waals surface area contributed by atoms with Crippen molar-refractivity contribution in [2.75, 3.05) is 17.7 Å². The van der Waals surface area contributed by atoms with Crippen molar-refractivity contribution in [3.8, 4) is 17.4 Å². The van der Waals surface area contributed by atoms with Crippen LogP contribution in [0.4, 0.5) is 10.2 Å². The second-order valence-corrected chi connectivity index (χ2v) is 9.47. The van der Waals surface area contributed by atoms with Crippen LogP contribution < -0.4 is 5.32 Å². The number of aromatic nitrogens is 2. The van der Waals surface area contributed by atoms with Gasteiger partial charge in [-0.1, -0.05) is 11.8 Å². The van der Waals surface area contributed by atoms with Crippen molar-refractivity contribution in [2.24, 2.45) is 0 Å². The van der Waals surface area contributed by atoms with Crippen LogP contribution in [0.2, 0.25) is 0 Å². The lowest BCUT2D eigenvalue weighted by Crippen LogP contribution is -2.23. The van der Waals surface area contributed by atoms with E-state index in [1.54, 1.807) is 18.3 Å². The Bertz CT molecular complexity index is 1220. The average molecular weight is 481 g/mol. The first-order valence-corrected chi connectivity index (χ1v) is 12.5. The molecule has 1 aromatic carbocycles. The molecule has 7 nitrogen and oxygen atoms in total. The van der Waals surface area contributed by atoms with E-state index in [9.17, 15) is 14.4 Å². The summed E-state index contributed by atoms with van der Waals surface area (Å²) < 4.78 is 26.8. The summed E-state index contributed by atoms with van der Waals surface area (Å²) in [5, 5.41) is 13.2. The molecule has 5 rings (SSSR count). The molecule has 1 N–H and O–H groups in total. The number of carbonyl (C=O) groups is 1. The number of amides is 1. The third kappa shape index (κ3) is 4.74. The van der Waals surface area contributed by atoms with Gasteiger partial charge in [-0.15, -0.1) is 0 Å². The highest BCUT2D eigenvalue weighted by atomic mass is 32.2. The Labute approximate surface area is 201 Å². The van der Waals surface area contributed by atoms with Crippen molar-refractivity contribution in [3.05, 3.63) is 53.1 Å². The van der Waals surface area contributed by atoms with Crippen LogP contribution in [-0.4, -0.2) is 33.9 Å². The summed E-state index contributed by atoms with van der Waals surface area (Å²) in [6, 6.07) is 8.28. The van der Waals surface area contributed by atoms with Crippen LogP contribution in [-0.2, 0) is 28.9 Å². The Hall–Kier alpha value is -3.09. The predicted molar refractivity (Wildman–Crippen MR) is 126 cm³/mol. The summed E-state index contributed by atoms with van der Waals surface area (Å²) in [5.74, 6) is 0.621. The maximum atomic E-state index is 13.1. The van der Waals surface area contributed by atoms with Gasteiger partial charge in [-0.25, -0.2) is 9.37 Å². The molecule has 1 amide bonds. The summed E-state index contributed by atoms with van der Waals surface area (Å²) in [7, 11) is 0. The fraction of sp³-hybridized carbons (Fsp3) is 0.400. The molecule has 0 radical (unpaired) electrons. The summed E-state index contributed by atoms with van der Waals surface area (Å²) in [6.07, 6.45) is 7.58. The zero-order valence-corrected chi connectivity index (χ0v) is 19.5. The number of benzene rings is 1. The minimum Gasteiger partial charge on any atom is -0.431 e. The van der Waals surface area contributed by atoms with E-state index in [0.717, 1.165) is 56.4 Å². The Kier molecular flexibility index (Phi) is 6.70. The van der Waals surface area contributed by atoms with Gasteiger partial charge < -0.3 is 19.0 Å².